The standard InChI is InChI=1S/C22H16N4O5/c1-14-20(21(27)25(23-14)17-6-4-15(5-7-17)22(28)29)13-19-3-2-12-24(19)16-8-10-18(11-9-16)26(30)31/h2-13H,1H3,(H,28,29)/b20-13-. The number of carboxylic acids is 1. The number of nitro benzene ring substituents is 1. The van der Waals surface area contributed by atoms with Gasteiger partial charge in [0.2, 0.25) is 0 Å². The van der Waals surface area contributed by atoms with E-state index in [1.807, 2.05) is 16.7 Å². The van der Waals surface area contributed by atoms with Crippen molar-refractivity contribution < 1.29 is 19.6 Å². The van der Waals surface area contributed by atoms with Crippen LogP contribution in [-0.2, 0) is 4.79 Å². The fourth-order valence-corrected chi connectivity index (χ4v) is 3.23. The number of hydrogen-bond acceptors (Lipinski definition) is 5. The Kier molecular flexibility index (Phi) is 4.92. The maximum atomic E-state index is 13.0. The van der Waals surface area contributed by atoms with Gasteiger partial charge in [-0.1, -0.05) is 0 Å². The molecule has 1 amide bonds. The predicted molar refractivity (Wildman–Crippen MR) is 114 cm³/mol. The van der Waals surface area contributed by atoms with Crippen molar-refractivity contribution in [3.63, 3.8) is 0 Å². The highest BCUT2D eigenvalue weighted by Crippen LogP contribution is 2.26. The lowest BCUT2D eigenvalue weighted by Crippen LogP contribution is -2.21. The number of rotatable bonds is 5. The molecule has 1 aliphatic heterocycles. The molecular weight excluding hydrogens is 400 g/mol. The summed E-state index contributed by atoms with van der Waals surface area (Å²) in [6.45, 7) is 1.72. The van der Waals surface area contributed by atoms with Crippen molar-refractivity contribution >= 4 is 35.0 Å². The molecule has 0 unspecified atom stereocenters. The van der Waals surface area contributed by atoms with Crippen LogP contribution in [0.5, 0.6) is 0 Å². The van der Waals surface area contributed by atoms with E-state index < -0.39 is 10.9 Å². The van der Waals surface area contributed by atoms with Crippen molar-refractivity contribution in [3.05, 3.63) is 93.8 Å². The Balaban J connectivity index is 1.64. The van der Waals surface area contributed by atoms with Crippen molar-refractivity contribution in [2.45, 2.75) is 6.92 Å². The molecule has 0 radical (unpaired) electrons. The number of nitrogens with zero attached hydrogens (tertiary/aromatic N) is 4. The number of carbonyl (C=O) groups excluding carboxylic acids is 1. The van der Waals surface area contributed by atoms with Gasteiger partial charge in [0.25, 0.3) is 11.6 Å². The topological polar surface area (TPSA) is 118 Å². The van der Waals surface area contributed by atoms with Gasteiger partial charge < -0.3 is 9.67 Å². The van der Waals surface area contributed by atoms with Crippen LogP contribution >= 0.6 is 0 Å². The molecule has 1 aliphatic rings. The van der Waals surface area contributed by atoms with Gasteiger partial charge in [0.05, 0.1) is 27.5 Å². The smallest absolute Gasteiger partial charge is 0.335 e. The fourth-order valence-electron chi connectivity index (χ4n) is 3.23. The number of nitro groups is 1. The maximum absolute atomic E-state index is 13.0. The second kappa shape index (κ2) is 7.71. The van der Waals surface area contributed by atoms with Gasteiger partial charge >= 0.3 is 5.97 Å². The minimum atomic E-state index is -1.05. The Hall–Kier alpha value is -4.53. The molecule has 9 heteroatoms. The summed E-state index contributed by atoms with van der Waals surface area (Å²) in [4.78, 5) is 34.4. The Morgan fingerprint density at radius 3 is 2.32 bits per heavy atom. The summed E-state index contributed by atoms with van der Waals surface area (Å²) in [5, 5.41) is 25.4. The van der Waals surface area contributed by atoms with E-state index in [-0.39, 0.29) is 17.2 Å². The quantitative estimate of drug-likeness (QED) is 0.385. The monoisotopic (exact) mass is 416 g/mol. The van der Waals surface area contributed by atoms with Crippen molar-refractivity contribution in [3.8, 4) is 5.69 Å². The molecule has 2 heterocycles. The Morgan fingerprint density at radius 1 is 1.06 bits per heavy atom. The molecule has 31 heavy (non-hydrogen) atoms. The van der Waals surface area contributed by atoms with Crippen LogP contribution in [0.1, 0.15) is 23.0 Å². The maximum Gasteiger partial charge on any atom is 0.335 e. The highest BCUT2D eigenvalue weighted by molar-refractivity contribution is 6.32. The van der Waals surface area contributed by atoms with Gasteiger partial charge in [-0.15, -0.1) is 0 Å². The molecule has 0 atom stereocenters. The summed E-state index contributed by atoms with van der Waals surface area (Å²) in [5.74, 6) is -1.39. The molecular formula is C22H16N4O5. The highest BCUT2D eigenvalue weighted by Gasteiger charge is 2.29. The molecule has 0 bridgehead atoms. The van der Waals surface area contributed by atoms with Gasteiger partial charge in [0.15, 0.2) is 0 Å². The van der Waals surface area contributed by atoms with E-state index in [0.29, 0.717) is 28.4 Å². The largest absolute Gasteiger partial charge is 0.478 e. The lowest BCUT2D eigenvalue weighted by molar-refractivity contribution is -0.384. The van der Waals surface area contributed by atoms with E-state index in [9.17, 15) is 19.7 Å². The number of aromatic carboxylic acids is 1. The van der Waals surface area contributed by atoms with E-state index >= 15 is 0 Å². The number of hydrazone groups is 1. The first-order valence-electron chi connectivity index (χ1n) is 9.22. The van der Waals surface area contributed by atoms with Crippen molar-refractivity contribution in [1.82, 2.24) is 4.57 Å². The van der Waals surface area contributed by atoms with E-state index in [1.165, 1.54) is 41.4 Å². The summed E-state index contributed by atoms with van der Waals surface area (Å²) < 4.78 is 1.81. The SMILES string of the molecule is CC1=NN(c2ccc(C(=O)O)cc2)C(=O)/C1=C\c1cccn1-c1ccc([N+](=O)[O-])cc1. The van der Waals surface area contributed by atoms with Crippen LogP contribution in [0.4, 0.5) is 11.4 Å². The molecule has 0 fully saturated rings. The average molecular weight is 416 g/mol. The van der Waals surface area contributed by atoms with Crippen LogP contribution < -0.4 is 5.01 Å². The Labute approximate surface area is 176 Å². The van der Waals surface area contributed by atoms with Crippen molar-refractivity contribution in [1.29, 1.82) is 0 Å². The number of carboxylic acid groups (broad SMARTS) is 1. The van der Waals surface area contributed by atoms with Gasteiger partial charge in [-0.2, -0.15) is 10.1 Å². The third-order valence-electron chi connectivity index (χ3n) is 4.83. The lowest BCUT2D eigenvalue weighted by Gasteiger charge is -2.12. The molecule has 0 saturated heterocycles. The molecule has 0 aliphatic carbocycles. The van der Waals surface area contributed by atoms with Gasteiger partial charge in [-0.3, -0.25) is 14.9 Å². The van der Waals surface area contributed by atoms with E-state index in [4.69, 9.17) is 5.11 Å². The number of carbonyl (C=O) groups is 2. The van der Waals surface area contributed by atoms with Crippen LogP contribution in [0.15, 0.2) is 77.5 Å². The second-order valence-corrected chi connectivity index (χ2v) is 6.79. The minimum Gasteiger partial charge on any atom is -0.478 e. The zero-order valence-corrected chi connectivity index (χ0v) is 16.3. The normalized spacial score (nSPS) is 14.7. The Bertz CT molecular complexity index is 1250. The average Bonchev–Trinajstić information content (AvgIpc) is 3.34. The third kappa shape index (κ3) is 3.71. The molecule has 3 aromatic rings. The number of amides is 1. The molecule has 0 saturated carbocycles. The van der Waals surface area contributed by atoms with Gasteiger partial charge in [0, 0.05) is 29.7 Å². The van der Waals surface area contributed by atoms with Crippen LogP contribution in [0.25, 0.3) is 11.8 Å². The van der Waals surface area contributed by atoms with E-state index in [1.54, 1.807) is 31.3 Å². The van der Waals surface area contributed by atoms with Crippen LogP contribution in [-0.4, -0.2) is 32.2 Å². The van der Waals surface area contributed by atoms with E-state index in [2.05, 4.69) is 5.10 Å². The molecule has 9 nitrogen and oxygen atoms in total. The fraction of sp³-hybridized carbons (Fsp3) is 0.0455. The summed E-state index contributed by atoms with van der Waals surface area (Å²) in [5.41, 5.74) is 2.90. The van der Waals surface area contributed by atoms with Crippen LogP contribution in [0, 0.1) is 10.1 Å². The molecule has 154 valence electrons. The number of aromatic nitrogens is 1. The zero-order valence-electron chi connectivity index (χ0n) is 16.3. The molecule has 1 N–H and O–H groups in total. The number of benzene rings is 2. The first-order chi connectivity index (χ1) is 14.8. The Morgan fingerprint density at radius 2 is 1.71 bits per heavy atom. The van der Waals surface area contributed by atoms with Crippen LogP contribution in [0.3, 0.4) is 0 Å². The third-order valence-corrected chi connectivity index (χ3v) is 4.83. The highest BCUT2D eigenvalue weighted by atomic mass is 16.6. The number of anilines is 1. The van der Waals surface area contributed by atoms with Crippen LogP contribution in [0.2, 0.25) is 0 Å². The minimum absolute atomic E-state index is 0.00526. The first kappa shape index (κ1) is 19.8. The second-order valence-electron chi connectivity index (χ2n) is 6.79. The van der Waals surface area contributed by atoms with Gasteiger partial charge in [-0.05, 0) is 61.5 Å². The summed E-state index contributed by atoms with van der Waals surface area (Å²) >= 11 is 0. The summed E-state index contributed by atoms with van der Waals surface area (Å²) in [6, 6.07) is 15.6. The molecule has 4 rings (SSSR count). The van der Waals surface area contributed by atoms with Crippen molar-refractivity contribution in [2.75, 3.05) is 5.01 Å². The zero-order chi connectivity index (χ0) is 22.1. The predicted octanol–water partition coefficient (Wildman–Crippen LogP) is 3.89. The first-order valence-corrected chi connectivity index (χ1v) is 9.22. The van der Waals surface area contributed by atoms with E-state index in [0.717, 1.165) is 0 Å². The summed E-state index contributed by atoms with van der Waals surface area (Å²) in [6.07, 6.45) is 3.50. The van der Waals surface area contributed by atoms with Gasteiger partial charge in [-0.25, -0.2) is 4.79 Å². The molecule has 1 aromatic heterocycles. The summed E-state index contributed by atoms with van der Waals surface area (Å²) in [7, 11) is 0. The lowest BCUT2D eigenvalue weighted by atomic mass is 10.1. The molecule has 2 aromatic carbocycles. The number of hydrogen-bond donors (Lipinski definition) is 1. The number of non-ortho nitro benzene ring substituents is 1. The van der Waals surface area contributed by atoms with Crippen molar-refractivity contribution in [2.24, 2.45) is 5.10 Å². The van der Waals surface area contributed by atoms with Gasteiger partial charge in [0.1, 0.15) is 0 Å². The molecule has 0 spiro atoms.